The van der Waals surface area contributed by atoms with Crippen molar-refractivity contribution in [2.75, 3.05) is 25.0 Å². The van der Waals surface area contributed by atoms with Gasteiger partial charge in [-0.1, -0.05) is 48.5 Å². The van der Waals surface area contributed by atoms with Gasteiger partial charge < -0.3 is 32.7 Å². The smallest absolute Gasteiger partial charge is 0.253 e. The first-order chi connectivity index (χ1) is 19.9. The van der Waals surface area contributed by atoms with Crippen molar-refractivity contribution in [3.8, 4) is 0 Å². The maximum atomic E-state index is 13.2. The van der Waals surface area contributed by atoms with Gasteiger partial charge in [-0.05, 0) is 50.1 Å². The van der Waals surface area contributed by atoms with Crippen molar-refractivity contribution in [3.05, 3.63) is 78.4 Å². The van der Waals surface area contributed by atoms with Gasteiger partial charge in [0.2, 0.25) is 17.7 Å². The van der Waals surface area contributed by atoms with Gasteiger partial charge in [0, 0.05) is 16.5 Å². The number of carbonyl (C=O) groups is 4. The predicted molar refractivity (Wildman–Crippen MR) is 158 cm³/mol. The first kappa shape index (κ1) is 29.0. The molecule has 3 aromatic carbocycles. The standard InChI is InChI=1S/C30H33N7O4/c31-16-7-6-15-24(29(32)40)36-26(39)18-33-25(38)17-34-30(41)22-13-8-12-21-27(35-19-9-2-1-3-10-19)20-11-4-5-14-23(20)37-28(21)22/h1-5,8-14,24H,6-7,15-18,31H2,(H2,32,40)(H,33,38)(H,34,41)(H,35,37)(H,36,39)/t24-/m0/s1. The summed E-state index contributed by atoms with van der Waals surface area (Å²) in [6.07, 6.45) is 1.69. The van der Waals surface area contributed by atoms with Crippen LogP contribution in [0.3, 0.4) is 0 Å². The monoisotopic (exact) mass is 555 g/mol. The number of nitrogens with two attached hydrogens (primary N) is 2. The molecule has 1 aromatic heterocycles. The Morgan fingerprint density at radius 3 is 2.24 bits per heavy atom. The van der Waals surface area contributed by atoms with Gasteiger partial charge in [0.25, 0.3) is 5.91 Å². The van der Waals surface area contributed by atoms with Crippen molar-refractivity contribution < 1.29 is 19.2 Å². The topological polar surface area (TPSA) is 181 Å². The third kappa shape index (κ3) is 7.55. The molecule has 0 aliphatic heterocycles. The zero-order chi connectivity index (χ0) is 29.2. The third-order valence-electron chi connectivity index (χ3n) is 6.48. The van der Waals surface area contributed by atoms with Crippen LogP contribution in [-0.4, -0.2) is 54.3 Å². The summed E-state index contributed by atoms with van der Waals surface area (Å²) in [4.78, 5) is 54.1. The summed E-state index contributed by atoms with van der Waals surface area (Å²) in [7, 11) is 0. The molecule has 1 atom stereocenters. The fraction of sp³-hybridized carbons (Fsp3) is 0.233. The molecule has 212 valence electrons. The van der Waals surface area contributed by atoms with Crippen molar-refractivity contribution in [1.29, 1.82) is 0 Å². The van der Waals surface area contributed by atoms with Crippen molar-refractivity contribution >= 4 is 56.8 Å². The minimum atomic E-state index is -0.845. The molecular formula is C30H33N7O4. The van der Waals surface area contributed by atoms with Crippen molar-refractivity contribution in [2.24, 2.45) is 11.5 Å². The summed E-state index contributed by atoms with van der Waals surface area (Å²) in [5, 5.41) is 12.6. The number of aromatic nitrogens is 1. The van der Waals surface area contributed by atoms with Crippen LogP contribution in [0.5, 0.6) is 0 Å². The molecule has 0 aliphatic rings. The number of amides is 4. The molecule has 0 unspecified atom stereocenters. The minimum absolute atomic E-state index is 0.302. The van der Waals surface area contributed by atoms with Gasteiger partial charge in [-0.3, -0.25) is 19.2 Å². The normalized spacial score (nSPS) is 11.5. The number of hydrogen-bond acceptors (Lipinski definition) is 7. The Kier molecular flexibility index (Phi) is 9.79. The molecule has 4 amide bonds. The van der Waals surface area contributed by atoms with Gasteiger partial charge in [0.05, 0.1) is 35.4 Å². The predicted octanol–water partition coefficient (Wildman–Crippen LogP) is 2.08. The summed E-state index contributed by atoms with van der Waals surface area (Å²) in [6, 6.07) is 21.8. The van der Waals surface area contributed by atoms with E-state index in [1.807, 2.05) is 60.7 Å². The number of rotatable bonds is 13. The first-order valence-electron chi connectivity index (χ1n) is 13.3. The molecule has 41 heavy (non-hydrogen) atoms. The molecule has 4 aromatic rings. The number of nitrogens with one attached hydrogen (secondary N) is 4. The van der Waals surface area contributed by atoms with Crippen LogP contribution < -0.4 is 32.7 Å². The lowest BCUT2D eigenvalue weighted by Crippen LogP contribution is -2.48. The van der Waals surface area contributed by atoms with Gasteiger partial charge in [0.15, 0.2) is 0 Å². The van der Waals surface area contributed by atoms with Gasteiger partial charge in [-0.2, -0.15) is 0 Å². The highest BCUT2D eigenvalue weighted by molar-refractivity contribution is 6.15. The van der Waals surface area contributed by atoms with E-state index >= 15 is 0 Å². The second-order valence-electron chi connectivity index (χ2n) is 9.46. The number of anilines is 2. The van der Waals surface area contributed by atoms with Crippen LogP contribution in [0.1, 0.15) is 29.6 Å². The number of pyridine rings is 1. The van der Waals surface area contributed by atoms with Crippen LogP contribution in [0, 0.1) is 0 Å². The quantitative estimate of drug-likeness (QED) is 0.108. The van der Waals surface area contributed by atoms with Crippen LogP contribution in [-0.2, 0) is 14.4 Å². The Balaban J connectivity index is 1.43. The van der Waals surface area contributed by atoms with E-state index in [1.165, 1.54) is 0 Å². The average molecular weight is 556 g/mol. The number of para-hydroxylation sites is 3. The van der Waals surface area contributed by atoms with Gasteiger partial charge in [-0.15, -0.1) is 0 Å². The molecule has 1 heterocycles. The van der Waals surface area contributed by atoms with E-state index in [1.54, 1.807) is 12.1 Å². The van der Waals surface area contributed by atoms with E-state index < -0.39 is 29.7 Å². The number of hydrogen-bond donors (Lipinski definition) is 6. The van der Waals surface area contributed by atoms with E-state index in [-0.39, 0.29) is 13.1 Å². The number of nitrogens with zero attached hydrogens (tertiary/aromatic N) is 1. The lowest BCUT2D eigenvalue weighted by Gasteiger charge is -2.16. The zero-order valence-electron chi connectivity index (χ0n) is 22.5. The van der Waals surface area contributed by atoms with E-state index in [4.69, 9.17) is 16.5 Å². The number of fused-ring (bicyclic) bond motifs is 2. The highest BCUT2D eigenvalue weighted by Crippen LogP contribution is 2.34. The fourth-order valence-electron chi connectivity index (χ4n) is 4.42. The Labute approximate surface area is 237 Å². The van der Waals surface area contributed by atoms with Crippen molar-refractivity contribution in [2.45, 2.75) is 25.3 Å². The van der Waals surface area contributed by atoms with Gasteiger partial charge >= 0.3 is 0 Å². The van der Waals surface area contributed by atoms with Crippen molar-refractivity contribution in [1.82, 2.24) is 20.9 Å². The maximum absolute atomic E-state index is 13.2. The minimum Gasteiger partial charge on any atom is -0.368 e. The largest absolute Gasteiger partial charge is 0.368 e. The Hall–Kier alpha value is -5.03. The van der Waals surface area contributed by atoms with Gasteiger partial charge in [0.1, 0.15) is 6.04 Å². The lowest BCUT2D eigenvalue weighted by atomic mass is 10.0. The Bertz CT molecular complexity index is 1560. The molecule has 0 fully saturated rings. The zero-order valence-corrected chi connectivity index (χ0v) is 22.5. The molecule has 0 aliphatic carbocycles. The summed E-state index contributed by atoms with van der Waals surface area (Å²) >= 11 is 0. The van der Waals surface area contributed by atoms with E-state index in [0.717, 1.165) is 22.1 Å². The average Bonchev–Trinajstić information content (AvgIpc) is 2.98. The molecular weight excluding hydrogens is 522 g/mol. The molecule has 0 spiro atoms. The van der Waals surface area contributed by atoms with Crippen LogP contribution in [0.4, 0.5) is 11.4 Å². The number of primary amides is 1. The fourth-order valence-corrected chi connectivity index (χ4v) is 4.42. The van der Waals surface area contributed by atoms with Crippen LogP contribution in [0.15, 0.2) is 72.8 Å². The highest BCUT2D eigenvalue weighted by Gasteiger charge is 2.19. The molecule has 11 heteroatoms. The summed E-state index contributed by atoms with van der Waals surface area (Å²) in [5.74, 6) is -2.29. The molecule has 8 N–H and O–H groups in total. The lowest BCUT2D eigenvalue weighted by molar-refractivity contribution is -0.128. The van der Waals surface area contributed by atoms with E-state index in [0.29, 0.717) is 42.4 Å². The van der Waals surface area contributed by atoms with Gasteiger partial charge in [-0.25, -0.2) is 4.98 Å². The second-order valence-corrected chi connectivity index (χ2v) is 9.46. The Morgan fingerprint density at radius 1 is 0.780 bits per heavy atom. The number of carbonyl (C=O) groups excluding carboxylic acids is 4. The van der Waals surface area contributed by atoms with Crippen LogP contribution in [0.25, 0.3) is 21.8 Å². The summed E-state index contributed by atoms with van der Waals surface area (Å²) in [6.45, 7) is -0.259. The molecule has 4 rings (SSSR count). The van der Waals surface area contributed by atoms with E-state index in [9.17, 15) is 19.2 Å². The highest BCUT2D eigenvalue weighted by atomic mass is 16.2. The van der Waals surface area contributed by atoms with E-state index in [2.05, 4.69) is 21.3 Å². The molecule has 0 saturated carbocycles. The molecule has 0 saturated heterocycles. The van der Waals surface area contributed by atoms with Crippen LogP contribution >= 0.6 is 0 Å². The summed E-state index contributed by atoms with van der Waals surface area (Å²) < 4.78 is 0. The SMILES string of the molecule is NCCCC[C@H](NC(=O)CNC(=O)CNC(=O)c1cccc2c(Nc3ccccc3)c3ccccc3nc12)C(N)=O. The first-order valence-corrected chi connectivity index (χ1v) is 13.3. The molecule has 0 bridgehead atoms. The maximum Gasteiger partial charge on any atom is 0.253 e. The van der Waals surface area contributed by atoms with Crippen molar-refractivity contribution in [3.63, 3.8) is 0 Å². The number of unbranched alkanes of at least 4 members (excludes halogenated alkanes) is 1. The second kappa shape index (κ2) is 13.9. The third-order valence-corrected chi connectivity index (χ3v) is 6.48. The summed E-state index contributed by atoms with van der Waals surface area (Å²) in [5.41, 5.74) is 14.0. The Morgan fingerprint density at radius 2 is 1.49 bits per heavy atom. The molecule has 11 nitrogen and oxygen atoms in total. The molecule has 0 radical (unpaired) electrons. The number of benzene rings is 3. The van der Waals surface area contributed by atoms with Crippen LogP contribution in [0.2, 0.25) is 0 Å².